The number of nitrogens with two attached hydrogens (primary N) is 1. The molecule has 0 aliphatic carbocycles. The molecule has 4 N–H and O–H groups in total. The van der Waals surface area contributed by atoms with E-state index in [4.69, 9.17) is 5.73 Å². The number of nitrogens with one attached hydrogen (secondary N) is 2. The lowest BCUT2D eigenvalue weighted by atomic mass is 10.1. The van der Waals surface area contributed by atoms with Gasteiger partial charge in [-0.25, -0.2) is 0 Å². The molecule has 0 fully saturated rings. The molecule has 1 aromatic rings. The van der Waals surface area contributed by atoms with Crippen LogP contribution in [0.5, 0.6) is 0 Å². The minimum atomic E-state index is -0.125. The van der Waals surface area contributed by atoms with Crippen LogP contribution >= 0.6 is 0 Å². The van der Waals surface area contributed by atoms with Gasteiger partial charge in [-0.2, -0.15) is 5.21 Å². The second kappa shape index (κ2) is 6.56. The van der Waals surface area contributed by atoms with Crippen molar-refractivity contribution in [3.8, 4) is 0 Å². The first-order chi connectivity index (χ1) is 8.09. The van der Waals surface area contributed by atoms with E-state index in [1.807, 2.05) is 6.92 Å². The third kappa shape index (κ3) is 5.05. The minimum absolute atomic E-state index is 0.123. The van der Waals surface area contributed by atoms with E-state index in [-0.39, 0.29) is 17.8 Å². The van der Waals surface area contributed by atoms with Crippen LogP contribution in [0.4, 0.5) is 5.95 Å². The molecule has 0 aliphatic rings. The smallest absolute Gasteiger partial charge is 0.269 e. The van der Waals surface area contributed by atoms with Crippen molar-refractivity contribution in [1.29, 1.82) is 0 Å². The van der Waals surface area contributed by atoms with E-state index in [1.165, 1.54) is 0 Å². The molecule has 8 nitrogen and oxygen atoms in total. The average molecular weight is 239 g/mol. The first-order valence-electron chi connectivity index (χ1n) is 5.40. The van der Waals surface area contributed by atoms with Crippen molar-refractivity contribution in [2.24, 2.45) is 16.6 Å². The van der Waals surface area contributed by atoms with Gasteiger partial charge in [-0.05, 0) is 25.0 Å². The molecule has 1 rings (SSSR count). The molecule has 0 aliphatic heterocycles. The third-order valence-electron chi connectivity index (χ3n) is 2.18. The van der Waals surface area contributed by atoms with Gasteiger partial charge in [0.25, 0.3) is 5.95 Å². The van der Waals surface area contributed by atoms with Gasteiger partial charge in [-0.1, -0.05) is 12.0 Å². The fourth-order valence-corrected chi connectivity index (χ4v) is 1.23. The van der Waals surface area contributed by atoms with Gasteiger partial charge in [-0.3, -0.25) is 15.1 Å². The van der Waals surface area contributed by atoms with E-state index >= 15 is 0 Å². The molecule has 1 amide bonds. The van der Waals surface area contributed by atoms with E-state index in [0.717, 1.165) is 12.8 Å². The number of carbonyl (C=O) groups is 1. The van der Waals surface area contributed by atoms with Gasteiger partial charge in [0.15, 0.2) is 0 Å². The van der Waals surface area contributed by atoms with Gasteiger partial charge >= 0.3 is 0 Å². The molecule has 0 radical (unpaired) electrons. The number of H-pyrrole nitrogens is 1. The van der Waals surface area contributed by atoms with Crippen LogP contribution in [0.25, 0.3) is 0 Å². The Labute approximate surface area is 99.1 Å². The number of nitrogens with zero attached hydrogens (tertiary/aromatic N) is 4. The number of rotatable bonds is 6. The number of hydrogen-bond donors (Lipinski definition) is 3. The maximum absolute atomic E-state index is 11.6. The highest BCUT2D eigenvalue weighted by Gasteiger charge is 2.14. The van der Waals surface area contributed by atoms with Crippen LogP contribution in [0.3, 0.4) is 0 Å². The predicted molar refractivity (Wildman–Crippen MR) is 63.4 cm³/mol. The Balaban J connectivity index is 2.25. The maximum atomic E-state index is 11.6. The molecule has 0 saturated carbocycles. The molecule has 94 valence electrons. The van der Waals surface area contributed by atoms with Gasteiger partial charge < -0.3 is 5.73 Å². The number of aromatic amines is 1. The number of carbonyl (C=O) groups excluding carboxylic acids is 1. The Kier molecular flexibility index (Phi) is 5.05. The van der Waals surface area contributed by atoms with Gasteiger partial charge in [0.05, 0.1) is 5.84 Å². The molecule has 0 spiro atoms. The summed E-state index contributed by atoms with van der Waals surface area (Å²) in [4.78, 5) is 15.7. The van der Waals surface area contributed by atoms with E-state index in [9.17, 15) is 4.79 Å². The molecule has 1 aromatic heterocycles. The van der Waals surface area contributed by atoms with Crippen molar-refractivity contribution in [1.82, 2.24) is 20.6 Å². The Morgan fingerprint density at radius 1 is 1.65 bits per heavy atom. The average Bonchev–Trinajstić information content (AvgIpc) is 2.76. The summed E-state index contributed by atoms with van der Waals surface area (Å²) in [5.74, 6) is 0.508. The van der Waals surface area contributed by atoms with Crippen LogP contribution in [-0.4, -0.2) is 38.9 Å². The molecular formula is C9H17N7O. The lowest BCUT2D eigenvalue weighted by Gasteiger charge is -2.08. The number of tetrazole rings is 1. The summed E-state index contributed by atoms with van der Waals surface area (Å²) in [6.45, 7) is 4.23. The fourth-order valence-electron chi connectivity index (χ4n) is 1.23. The van der Waals surface area contributed by atoms with E-state index in [1.54, 1.807) is 6.92 Å². The summed E-state index contributed by atoms with van der Waals surface area (Å²) < 4.78 is 0. The Hall–Kier alpha value is -1.99. The summed E-state index contributed by atoms with van der Waals surface area (Å²) in [6.07, 6.45) is 1.55. The largest absolute Gasteiger partial charge is 0.388 e. The summed E-state index contributed by atoms with van der Waals surface area (Å²) in [7, 11) is 0. The minimum Gasteiger partial charge on any atom is -0.388 e. The Morgan fingerprint density at radius 3 is 3.00 bits per heavy atom. The molecule has 0 saturated heterocycles. The zero-order valence-corrected chi connectivity index (χ0v) is 9.97. The summed E-state index contributed by atoms with van der Waals surface area (Å²) >= 11 is 0. The van der Waals surface area contributed by atoms with Crippen molar-refractivity contribution in [3.05, 3.63) is 0 Å². The van der Waals surface area contributed by atoms with Crippen LogP contribution in [0, 0.1) is 5.92 Å². The van der Waals surface area contributed by atoms with Crippen molar-refractivity contribution < 1.29 is 4.79 Å². The van der Waals surface area contributed by atoms with E-state index in [2.05, 4.69) is 30.9 Å². The second-order valence-corrected chi connectivity index (χ2v) is 3.79. The predicted octanol–water partition coefficient (Wildman–Crippen LogP) is -0.0684. The zero-order valence-electron chi connectivity index (χ0n) is 9.97. The van der Waals surface area contributed by atoms with Crippen LogP contribution in [0.15, 0.2) is 4.99 Å². The quantitative estimate of drug-likeness (QED) is 0.364. The Bertz CT molecular complexity index is 369. The van der Waals surface area contributed by atoms with Crippen molar-refractivity contribution in [2.75, 3.05) is 11.9 Å². The van der Waals surface area contributed by atoms with Gasteiger partial charge in [0, 0.05) is 12.5 Å². The zero-order chi connectivity index (χ0) is 12.7. The normalized spacial score (nSPS) is 13.4. The number of amidine groups is 1. The van der Waals surface area contributed by atoms with Gasteiger partial charge in [0.1, 0.15) is 0 Å². The summed E-state index contributed by atoms with van der Waals surface area (Å²) in [5, 5.41) is 15.4. The molecule has 0 bridgehead atoms. The van der Waals surface area contributed by atoms with Gasteiger partial charge in [-0.15, -0.1) is 5.10 Å². The van der Waals surface area contributed by atoms with E-state index in [0.29, 0.717) is 12.4 Å². The molecule has 0 unspecified atom stereocenters. The lowest BCUT2D eigenvalue weighted by molar-refractivity contribution is -0.119. The number of aliphatic imine (C=N–C) groups is 1. The third-order valence-corrected chi connectivity index (χ3v) is 2.18. The SMILES string of the molecule is CC(N)=NCCC[C@H](C)C(=O)Nc1nn[nH]n1. The first-order valence-corrected chi connectivity index (χ1v) is 5.40. The number of aromatic nitrogens is 4. The van der Waals surface area contributed by atoms with Crippen molar-refractivity contribution in [2.45, 2.75) is 26.7 Å². The maximum Gasteiger partial charge on any atom is 0.269 e. The fraction of sp³-hybridized carbons (Fsp3) is 0.667. The molecule has 17 heavy (non-hydrogen) atoms. The molecule has 0 aromatic carbocycles. The topological polar surface area (TPSA) is 122 Å². The number of hydrogen-bond acceptors (Lipinski definition) is 5. The lowest BCUT2D eigenvalue weighted by Crippen LogP contribution is -2.21. The molecular weight excluding hydrogens is 222 g/mol. The number of amides is 1. The standard InChI is InChI=1S/C9H17N7O/c1-6(4-3-5-11-7(2)10)8(17)12-9-13-15-16-14-9/h6H,3-5H2,1-2H3,(H2,10,11)(H2,12,13,14,15,16,17)/t6-/m0/s1. The van der Waals surface area contributed by atoms with Crippen LogP contribution in [0.1, 0.15) is 26.7 Å². The van der Waals surface area contributed by atoms with E-state index < -0.39 is 0 Å². The van der Waals surface area contributed by atoms with Gasteiger partial charge in [0.2, 0.25) is 5.91 Å². The van der Waals surface area contributed by atoms with Crippen LogP contribution < -0.4 is 11.1 Å². The highest BCUT2D eigenvalue weighted by Crippen LogP contribution is 2.08. The molecule has 8 heteroatoms. The van der Waals surface area contributed by atoms with Crippen molar-refractivity contribution in [3.63, 3.8) is 0 Å². The van der Waals surface area contributed by atoms with Crippen LogP contribution in [-0.2, 0) is 4.79 Å². The highest BCUT2D eigenvalue weighted by atomic mass is 16.2. The summed E-state index contributed by atoms with van der Waals surface area (Å²) in [6, 6.07) is 0. The molecule has 1 heterocycles. The monoisotopic (exact) mass is 239 g/mol. The summed E-state index contributed by atoms with van der Waals surface area (Å²) in [5.41, 5.74) is 5.40. The highest BCUT2D eigenvalue weighted by molar-refractivity contribution is 5.90. The second-order valence-electron chi connectivity index (χ2n) is 3.79. The van der Waals surface area contributed by atoms with Crippen molar-refractivity contribution >= 4 is 17.7 Å². The number of anilines is 1. The first kappa shape index (κ1) is 13.1. The van der Waals surface area contributed by atoms with Crippen LogP contribution in [0.2, 0.25) is 0 Å². The molecule has 1 atom stereocenters. The Morgan fingerprint density at radius 2 is 2.41 bits per heavy atom.